The number of hydrogen-bond donors (Lipinski definition) is 1. The zero-order chi connectivity index (χ0) is 14.7. The van der Waals surface area contributed by atoms with Crippen molar-refractivity contribution < 1.29 is 14.4 Å². The molecule has 5 heteroatoms. The minimum Gasteiger partial charge on any atom is -0.489 e. The first-order valence-electron chi connectivity index (χ1n) is 6.62. The second-order valence-corrected chi connectivity index (χ2v) is 5.11. The molecule has 0 saturated heterocycles. The number of ether oxygens (including phenoxy) is 1. The van der Waals surface area contributed by atoms with E-state index in [4.69, 9.17) is 26.0 Å². The van der Waals surface area contributed by atoms with Gasteiger partial charge in [-0.05, 0) is 35.9 Å². The van der Waals surface area contributed by atoms with E-state index in [-0.39, 0.29) is 6.61 Å². The van der Waals surface area contributed by atoms with Crippen molar-refractivity contribution in [3.8, 4) is 5.75 Å². The Kier molecular flexibility index (Phi) is 4.08. The molecule has 0 bridgehead atoms. The number of fused-ring (bicyclic) bond motifs is 1. The molecule has 0 aliphatic carbocycles. The first-order valence-corrected chi connectivity index (χ1v) is 7.00. The molecule has 0 saturated carbocycles. The summed E-state index contributed by atoms with van der Waals surface area (Å²) in [6.07, 6.45) is 0.466. The maximum Gasteiger partial charge on any atom is 0.167 e. The van der Waals surface area contributed by atoms with Crippen LogP contribution in [0.4, 0.5) is 0 Å². The van der Waals surface area contributed by atoms with Gasteiger partial charge in [0, 0.05) is 23.4 Å². The summed E-state index contributed by atoms with van der Waals surface area (Å²) in [5, 5.41) is 14.5. The zero-order valence-corrected chi connectivity index (χ0v) is 12.0. The topological polar surface area (TPSA) is 55.5 Å². The number of aromatic nitrogens is 1. The fraction of sp³-hybridized carbons (Fsp3) is 0.188. The lowest BCUT2D eigenvalue weighted by Gasteiger charge is -2.06. The van der Waals surface area contributed by atoms with Crippen LogP contribution < -0.4 is 4.74 Å². The van der Waals surface area contributed by atoms with E-state index in [0.717, 1.165) is 22.4 Å². The highest BCUT2D eigenvalue weighted by atomic mass is 35.5. The first kappa shape index (κ1) is 13.9. The highest BCUT2D eigenvalue weighted by molar-refractivity contribution is 6.30. The molecule has 0 spiro atoms. The molecule has 1 N–H and O–H groups in total. The molecule has 0 amide bonds. The van der Waals surface area contributed by atoms with Crippen molar-refractivity contribution in [1.82, 2.24) is 5.16 Å². The molecule has 3 rings (SSSR count). The average Bonchev–Trinajstić information content (AvgIpc) is 2.90. The lowest BCUT2D eigenvalue weighted by atomic mass is 10.1. The van der Waals surface area contributed by atoms with Crippen LogP contribution in [0.1, 0.15) is 11.3 Å². The van der Waals surface area contributed by atoms with Gasteiger partial charge in [0.15, 0.2) is 5.58 Å². The Hall–Kier alpha value is -2.04. The lowest BCUT2D eigenvalue weighted by Crippen LogP contribution is -1.95. The summed E-state index contributed by atoms with van der Waals surface area (Å²) < 4.78 is 11.0. The monoisotopic (exact) mass is 303 g/mol. The van der Waals surface area contributed by atoms with Gasteiger partial charge in [-0.15, -0.1) is 0 Å². The van der Waals surface area contributed by atoms with Gasteiger partial charge in [0.05, 0.1) is 5.69 Å². The van der Waals surface area contributed by atoms with Crippen LogP contribution in [0.15, 0.2) is 47.0 Å². The molecule has 0 unspecified atom stereocenters. The highest BCUT2D eigenvalue weighted by Crippen LogP contribution is 2.25. The van der Waals surface area contributed by atoms with E-state index in [1.165, 1.54) is 0 Å². The fourth-order valence-electron chi connectivity index (χ4n) is 2.09. The highest BCUT2D eigenvalue weighted by Gasteiger charge is 2.09. The average molecular weight is 304 g/mol. The summed E-state index contributed by atoms with van der Waals surface area (Å²) in [6.45, 7) is 0.501. The van der Waals surface area contributed by atoms with E-state index in [1.54, 1.807) is 0 Å². The van der Waals surface area contributed by atoms with Crippen molar-refractivity contribution >= 4 is 22.6 Å². The molecule has 0 fully saturated rings. The second kappa shape index (κ2) is 6.16. The Labute approximate surface area is 126 Å². The fourth-order valence-corrected chi connectivity index (χ4v) is 2.22. The molecule has 1 heterocycles. The summed E-state index contributed by atoms with van der Waals surface area (Å²) in [4.78, 5) is 0. The minimum absolute atomic E-state index is 0.0392. The van der Waals surface area contributed by atoms with Gasteiger partial charge in [0.1, 0.15) is 12.4 Å². The third-order valence-corrected chi connectivity index (χ3v) is 3.44. The molecule has 21 heavy (non-hydrogen) atoms. The van der Waals surface area contributed by atoms with Crippen molar-refractivity contribution in [1.29, 1.82) is 0 Å². The second-order valence-electron chi connectivity index (χ2n) is 4.68. The Morgan fingerprint density at radius 1 is 1.14 bits per heavy atom. The van der Waals surface area contributed by atoms with Crippen molar-refractivity contribution in [2.24, 2.45) is 0 Å². The van der Waals surface area contributed by atoms with Gasteiger partial charge >= 0.3 is 0 Å². The van der Waals surface area contributed by atoms with Gasteiger partial charge < -0.3 is 14.4 Å². The molecule has 1 aromatic heterocycles. The maximum absolute atomic E-state index is 9.02. The van der Waals surface area contributed by atoms with Crippen LogP contribution in [0.25, 0.3) is 11.0 Å². The molecule has 0 aliphatic rings. The molecule has 4 nitrogen and oxygen atoms in total. The summed E-state index contributed by atoms with van der Waals surface area (Å²) in [6, 6.07) is 13.1. The van der Waals surface area contributed by atoms with Gasteiger partial charge in [-0.3, -0.25) is 0 Å². The minimum atomic E-state index is 0.0392. The third kappa shape index (κ3) is 3.17. The summed E-state index contributed by atoms with van der Waals surface area (Å²) in [5.74, 6) is 0.736. The largest absolute Gasteiger partial charge is 0.489 e. The van der Waals surface area contributed by atoms with Crippen LogP contribution in [-0.4, -0.2) is 16.9 Å². The van der Waals surface area contributed by atoms with E-state index in [9.17, 15) is 0 Å². The molecule has 0 radical (unpaired) electrons. The maximum atomic E-state index is 9.02. The lowest BCUT2D eigenvalue weighted by molar-refractivity contribution is 0.295. The molecule has 3 aromatic rings. The number of nitrogens with zero attached hydrogens (tertiary/aromatic N) is 1. The Morgan fingerprint density at radius 3 is 2.71 bits per heavy atom. The Balaban J connectivity index is 1.77. The van der Waals surface area contributed by atoms with Gasteiger partial charge in [-0.2, -0.15) is 0 Å². The standard InChI is InChI=1S/C16H14ClNO3/c17-12-3-1-11(2-4-12)10-20-13-5-6-16-14(9-13)15(7-8-19)18-21-16/h1-6,9,19H,7-8,10H2. The molecule has 108 valence electrons. The molecular weight excluding hydrogens is 290 g/mol. The number of aliphatic hydroxyl groups is 1. The number of rotatable bonds is 5. The smallest absolute Gasteiger partial charge is 0.167 e. The summed E-state index contributed by atoms with van der Waals surface area (Å²) in [7, 11) is 0. The summed E-state index contributed by atoms with van der Waals surface area (Å²) >= 11 is 5.85. The van der Waals surface area contributed by atoms with Crippen molar-refractivity contribution in [2.45, 2.75) is 13.0 Å². The quantitative estimate of drug-likeness (QED) is 0.782. The van der Waals surface area contributed by atoms with E-state index >= 15 is 0 Å². The van der Waals surface area contributed by atoms with Gasteiger partial charge in [0.25, 0.3) is 0 Å². The van der Waals surface area contributed by atoms with E-state index in [2.05, 4.69) is 5.16 Å². The van der Waals surface area contributed by atoms with E-state index in [0.29, 0.717) is 23.6 Å². The first-order chi connectivity index (χ1) is 10.3. The SMILES string of the molecule is OCCc1noc2ccc(OCc3ccc(Cl)cc3)cc12. The van der Waals surface area contributed by atoms with Crippen molar-refractivity contribution in [2.75, 3.05) is 6.61 Å². The molecule has 0 aliphatic heterocycles. The van der Waals surface area contributed by atoms with Crippen molar-refractivity contribution in [3.05, 3.63) is 58.7 Å². The third-order valence-electron chi connectivity index (χ3n) is 3.18. The van der Waals surface area contributed by atoms with Gasteiger partial charge in [-0.25, -0.2) is 0 Å². The van der Waals surface area contributed by atoms with Crippen molar-refractivity contribution in [3.63, 3.8) is 0 Å². The van der Waals surface area contributed by atoms with Gasteiger partial charge in [-0.1, -0.05) is 28.9 Å². The summed E-state index contributed by atoms with van der Waals surface area (Å²) in [5.41, 5.74) is 2.47. The molecule has 2 aromatic carbocycles. The number of aliphatic hydroxyl groups excluding tert-OH is 1. The van der Waals surface area contributed by atoms with E-state index < -0.39 is 0 Å². The Morgan fingerprint density at radius 2 is 1.95 bits per heavy atom. The number of hydrogen-bond acceptors (Lipinski definition) is 4. The number of halogens is 1. The van der Waals surface area contributed by atoms with Crippen LogP contribution in [0.5, 0.6) is 5.75 Å². The van der Waals surface area contributed by atoms with Gasteiger partial charge in [0.2, 0.25) is 0 Å². The van der Waals surface area contributed by atoms with Crippen LogP contribution >= 0.6 is 11.6 Å². The van der Waals surface area contributed by atoms with Crippen LogP contribution in [-0.2, 0) is 13.0 Å². The van der Waals surface area contributed by atoms with E-state index in [1.807, 2.05) is 42.5 Å². The number of benzene rings is 2. The zero-order valence-electron chi connectivity index (χ0n) is 11.3. The predicted molar refractivity (Wildman–Crippen MR) is 80.6 cm³/mol. The molecule has 0 atom stereocenters. The normalized spacial score (nSPS) is 11.0. The van der Waals surface area contributed by atoms with Crippen LogP contribution in [0.2, 0.25) is 5.02 Å². The Bertz CT molecular complexity index is 737. The van der Waals surface area contributed by atoms with Crippen LogP contribution in [0, 0.1) is 0 Å². The molecular formula is C16H14ClNO3. The van der Waals surface area contributed by atoms with Crippen LogP contribution in [0.3, 0.4) is 0 Å². The predicted octanol–water partition coefficient (Wildman–Crippen LogP) is 3.60.